The van der Waals surface area contributed by atoms with Crippen molar-refractivity contribution in [2.45, 2.75) is 18.4 Å². The van der Waals surface area contributed by atoms with Crippen molar-refractivity contribution in [1.82, 2.24) is 0 Å². The Morgan fingerprint density at radius 3 is 2.92 bits per heavy atom. The molecule has 0 saturated carbocycles. The zero-order valence-electron chi connectivity index (χ0n) is 13.4. The number of benzene rings is 2. The minimum atomic E-state index is -0.901. The number of carboxylic acid groups (broad SMARTS) is 1. The summed E-state index contributed by atoms with van der Waals surface area (Å²) >= 11 is 0. The summed E-state index contributed by atoms with van der Waals surface area (Å²) in [5.74, 6) is 0.684. The Hall–Kier alpha value is -2.75. The largest absolute Gasteiger partial charge is 0.497 e. The molecular formula is C20H19NO3. The zero-order chi connectivity index (χ0) is 16.7. The third-order valence-electron chi connectivity index (χ3n) is 5.06. The molecule has 2 aromatic rings. The van der Waals surface area contributed by atoms with Crippen molar-refractivity contribution in [2.24, 2.45) is 5.92 Å². The standard InChI is InChI=1S/C20H19NO3/c1-24-14-5-2-4-12(10-14)19-17-7-3-6-15(17)16-9-8-13(20(22)23)11-18(16)21-19/h2-6,8-11,15,17,19,21H,7H2,1H3,(H,22,23). The van der Waals surface area contributed by atoms with Gasteiger partial charge in [0.2, 0.25) is 0 Å². The van der Waals surface area contributed by atoms with Crippen molar-refractivity contribution >= 4 is 11.7 Å². The third kappa shape index (κ3) is 2.35. The van der Waals surface area contributed by atoms with E-state index in [2.05, 4.69) is 29.6 Å². The van der Waals surface area contributed by atoms with Crippen molar-refractivity contribution in [1.29, 1.82) is 0 Å². The van der Waals surface area contributed by atoms with E-state index in [1.807, 2.05) is 18.2 Å². The van der Waals surface area contributed by atoms with E-state index in [1.165, 1.54) is 11.1 Å². The van der Waals surface area contributed by atoms with Gasteiger partial charge in [0, 0.05) is 11.6 Å². The zero-order valence-corrected chi connectivity index (χ0v) is 13.4. The van der Waals surface area contributed by atoms with Gasteiger partial charge in [-0.25, -0.2) is 4.79 Å². The van der Waals surface area contributed by atoms with Crippen LogP contribution < -0.4 is 10.1 Å². The molecule has 3 unspecified atom stereocenters. The molecule has 2 aliphatic rings. The summed E-state index contributed by atoms with van der Waals surface area (Å²) in [6.45, 7) is 0. The second-order valence-corrected chi connectivity index (χ2v) is 6.36. The number of fused-ring (bicyclic) bond motifs is 3. The monoisotopic (exact) mass is 321 g/mol. The molecule has 1 heterocycles. The number of aromatic carboxylic acids is 1. The molecule has 4 rings (SSSR count). The number of nitrogens with one attached hydrogen (secondary N) is 1. The molecular weight excluding hydrogens is 302 g/mol. The van der Waals surface area contributed by atoms with E-state index in [0.717, 1.165) is 17.9 Å². The van der Waals surface area contributed by atoms with E-state index in [0.29, 0.717) is 17.4 Å². The number of hydrogen-bond acceptors (Lipinski definition) is 3. The Balaban J connectivity index is 1.78. The predicted octanol–water partition coefficient (Wildman–Crippen LogP) is 4.22. The molecule has 0 fully saturated rings. The van der Waals surface area contributed by atoms with E-state index in [-0.39, 0.29) is 6.04 Å². The molecule has 1 aliphatic heterocycles. The van der Waals surface area contributed by atoms with Gasteiger partial charge in [0.15, 0.2) is 0 Å². The number of anilines is 1. The lowest BCUT2D eigenvalue weighted by Crippen LogP contribution is -2.29. The summed E-state index contributed by atoms with van der Waals surface area (Å²) in [5, 5.41) is 12.8. The smallest absolute Gasteiger partial charge is 0.335 e. The maximum atomic E-state index is 11.3. The fraction of sp³-hybridized carbons (Fsp3) is 0.250. The van der Waals surface area contributed by atoms with E-state index >= 15 is 0 Å². The maximum Gasteiger partial charge on any atom is 0.335 e. The SMILES string of the molecule is COc1cccc(C2Nc3cc(C(=O)O)ccc3C3C=CCC32)c1. The molecule has 1 aliphatic carbocycles. The third-order valence-corrected chi connectivity index (χ3v) is 5.06. The van der Waals surface area contributed by atoms with Gasteiger partial charge >= 0.3 is 5.97 Å². The van der Waals surface area contributed by atoms with Crippen molar-refractivity contribution in [3.8, 4) is 5.75 Å². The molecule has 4 nitrogen and oxygen atoms in total. The Bertz CT molecular complexity index is 827. The molecule has 0 radical (unpaired) electrons. The Kier molecular flexibility index (Phi) is 3.53. The fourth-order valence-corrected chi connectivity index (χ4v) is 3.89. The van der Waals surface area contributed by atoms with Crippen LogP contribution in [0.1, 0.15) is 39.9 Å². The lowest BCUT2D eigenvalue weighted by Gasteiger charge is -2.37. The van der Waals surface area contributed by atoms with Crippen LogP contribution in [-0.4, -0.2) is 18.2 Å². The summed E-state index contributed by atoms with van der Waals surface area (Å²) in [5.41, 5.74) is 3.57. The molecule has 3 atom stereocenters. The van der Waals surface area contributed by atoms with Gasteiger partial charge < -0.3 is 15.2 Å². The number of methoxy groups -OCH3 is 1. The highest BCUT2D eigenvalue weighted by atomic mass is 16.5. The lowest BCUT2D eigenvalue weighted by atomic mass is 9.77. The molecule has 4 heteroatoms. The molecule has 2 N–H and O–H groups in total. The first-order chi connectivity index (χ1) is 11.7. The quantitative estimate of drug-likeness (QED) is 0.831. The van der Waals surface area contributed by atoms with Gasteiger partial charge in [-0.3, -0.25) is 0 Å². The Labute approximate surface area is 140 Å². The summed E-state index contributed by atoms with van der Waals surface area (Å²) in [7, 11) is 1.67. The van der Waals surface area contributed by atoms with Crippen LogP contribution in [0.4, 0.5) is 5.69 Å². The second kappa shape index (κ2) is 5.71. The van der Waals surface area contributed by atoms with Gasteiger partial charge in [0.05, 0.1) is 18.7 Å². The van der Waals surface area contributed by atoms with Crippen molar-refractivity contribution in [3.05, 3.63) is 71.3 Å². The van der Waals surface area contributed by atoms with Gasteiger partial charge in [-0.05, 0) is 47.7 Å². The van der Waals surface area contributed by atoms with Crippen LogP contribution in [0.15, 0.2) is 54.6 Å². The van der Waals surface area contributed by atoms with Crippen LogP contribution in [0.25, 0.3) is 0 Å². The predicted molar refractivity (Wildman–Crippen MR) is 92.7 cm³/mol. The van der Waals surface area contributed by atoms with Crippen LogP contribution in [0, 0.1) is 5.92 Å². The first-order valence-electron chi connectivity index (χ1n) is 8.12. The number of carboxylic acids is 1. The average Bonchev–Trinajstić information content (AvgIpc) is 3.10. The van der Waals surface area contributed by atoms with Gasteiger partial charge in [-0.1, -0.05) is 30.4 Å². The lowest BCUT2D eigenvalue weighted by molar-refractivity contribution is 0.0697. The van der Waals surface area contributed by atoms with Crippen LogP contribution in [0.5, 0.6) is 5.75 Å². The molecule has 0 bridgehead atoms. The minimum Gasteiger partial charge on any atom is -0.497 e. The van der Waals surface area contributed by atoms with Gasteiger partial charge in [-0.2, -0.15) is 0 Å². The molecule has 24 heavy (non-hydrogen) atoms. The molecule has 2 aromatic carbocycles. The second-order valence-electron chi connectivity index (χ2n) is 6.36. The molecule has 0 amide bonds. The van der Waals surface area contributed by atoms with Crippen LogP contribution in [0.2, 0.25) is 0 Å². The Morgan fingerprint density at radius 2 is 2.12 bits per heavy atom. The number of carbonyl (C=O) groups is 1. The Morgan fingerprint density at radius 1 is 1.25 bits per heavy atom. The maximum absolute atomic E-state index is 11.3. The van der Waals surface area contributed by atoms with E-state index in [1.54, 1.807) is 19.2 Å². The fourth-order valence-electron chi connectivity index (χ4n) is 3.89. The summed E-state index contributed by atoms with van der Waals surface area (Å²) in [6, 6.07) is 13.6. The normalized spacial score (nSPS) is 24.0. The van der Waals surface area contributed by atoms with Crippen LogP contribution in [0.3, 0.4) is 0 Å². The summed E-state index contributed by atoms with van der Waals surface area (Å²) in [6.07, 6.45) is 5.49. The van der Waals surface area contributed by atoms with Crippen molar-refractivity contribution < 1.29 is 14.6 Å². The number of ether oxygens (including phenoxy) is 1. The van der Waals surface area contributed by atoms with Crippen LogP contribution in [-0.2, 0) is 0 Å². The van der Waals surface area contributed by atoms with E-state index in [9.17, 15) is 9.90 Å². The molecule has 0 spiro atoms. The number of rotatable bonds is 3. The summed E-state index contributed by atoms with van der Waals surface area (Å²) in [4.78, 5) is 11.3. The average molecular weight is 321 g/mol. The first-order valence-corrected chi connectivity index (χ1v) is 8.12. The van der Waals surface area contributed by atoms with E-state index < -0.39 is 5.97 Å². The topological polar surface area (TPSA) is 58.6 Å². The minimum absolute atomic E-state index is 0.136. The highest BCUT2D eigenvalue weighted by molar-refractivity contribution is 5.89. The van der Waals surface area contributed by atoms with Gasteiger partial charge in [0.1, 0.15) is 5.75 Å². The van der Waals surface area contributed by atoms with Gasteiger partial charge in [0.25, 0.3) is 0 Å². The van der Waals surface area contributed by atoms with Gasteiger partial charge in [-0.15, -0.1) is 0 Å². The van der Waals surface area contributed by atoms with Crippen molar-refractivity contribution in [2.75, 3.05) is 12.4 Å². The highest BCUT2D eigenvalue weighted by Gasteiger charge is 2.38. The first kappa shape index (κ1) is 14.8. The highest BCUT2D eigenvalue weighted by Crippen LogP contribution is 2.50. The number of hydrogen-bond donors (Lipinski definition) is 2. The number of allylic oxidation sites excluding steroid dienone is 2. The summed E-state index contributed by atoms with van der Waals surface area (Å²) < 4.78 is 5.36. The van der Waals surface area contributed by atoms with E-state index in [4.69, 9.17) is 4.74 Å². The van der Waals surface area contributed by atoms with Crippen LogP contribution >= 0.6 is 0 Å². The molecule has 0 saturated heterocycles. The molecule has 0 aromatic heterocycles. The molecule has 122 valence electrons. The van der Waals surface area contributed by atoms with Crippen molar-refractivity contribution in [3.63, 3.8) is 0 Å².